The van der Waals surface area contributed by atoms with Crippen LogP contribution in [-0.4, -0.2) is 105 Å². The zero-order chi connectivity index (χ0) is 43.9. The minimum atomic E-state index is -1.00. The molecule has 2 aromatic heterocycles. The predicted octanol–water partition coefficient (Wildman–Crippen LogP) is 4.74. The van der Waals surface area contributed by atoms with Gasteiger partial charge in [-0.05, 0) is 99.9 Å². The van der Waals surface area contributed by atoms with E-state index in [4.69, 9.17) is 11.6 Å². The van der Waals surface area contributed by atoms with Crippen molar-refractivity contribution in [3.63, 3.8) is 0 Å². The van der Waals surface area contributed by atoms with Gasteiger partial charge in [-0.25, -0.2) is 15.0 Å². The molecule has 1 unspecified atom stereocenters. The molecule has 63 heavy (non-hydrogen) atoms. The fraction of sp³-hybridized carbons (Fsp3) is 0.400. The third-order valence-corrected chi connectivity index (χ3v) is 13.3. The molecule has 2 saturated heterocycles. The summed E-state index contributed by atoms with van der Waals surface area (Å²) in [5.74, 6) is -2.26. The number of carbonyl (C=O) groups is 5. The zero-order valence-corrected chi connectivity index (χ0v) is 35.3. The zero-order valence-electron chi connectivity index (χ0n) is 34.6. The summed E-state index contributed by atoms with van der Waals surface area (Å²) in [6, 6.07) is 14.8. The summed E-state index contributed by atoms with van der Waals surface area (Å²) in [5.41, 5.74) is 4.24. The third kappa shape index (κ3) is 8.40. The third-order valence-electron chi connectivity index (χ3n) is 13.0. The Labute approximate surface area is 367 Å². The number of amides is 5. The first-order valence-electron chi connectivity index (χ1n) is 21.3. The Bertz CT molecular complexity index is 2580. The van der Waals surface area contributed by atoms with Crippen molar-refractivity contribution in [3.05, 3.63) is 99.3 Å². The van der Waals surface area contributed by atoms with Crippen molar-refractivity contribution in [1.82, 2.24) is 35.4 Å². The molecule has 0 spiro atoms. The summed E-state index contributed by atoms with van der Waals surface area (Å²) < 4.78 is 15.4. The van der Waals surface area contributed by atoms with Crippen LogP contribution in [0.25, 0.3) is 0 Å². The summed E-state index contributed by atoms with van der Waals surface area (Å²) in [6.07, 6.45) is 5.65. The number of carbonyl (C=O) groups excluding carboxylic acids is 5. The van der Waals surface area contributed by atoms with Gasteiger partial charge in [0, 0.05) is 68.2 Å². The molecule has 16 nitrogen and oxygen atoms in total. The van der Waals surface area contributed by atoms with Crippen molar-refractivity contribution in [2.24, 2.45) is 5.92 Å². The second-order valence-corrected chi connectivity index (χ2v) is 17.3. The molecule has 1 aliphatic carbocycles. The first kappa shape index (κ1) is 41.8. The molecule has 4 aromatic rings. The lowest BCUT2D eigenvalue weighted by atomic mass is 9.85. The maximum Gasteiger partial charge on any atom is 0.262 e. The Morgan fingerprint density at radius 1 is 0.921 bits per heavy atom. The van der Waals surface area contributed by atoms with E-state index in [1.54, 1.807) is 30.3 Å². The van der Waals surface area contributed by atoms with Gasteiger partial charge in [0.25, 0.3) is 17.7 Å². The van der Waals surface area contributed by atoms with Crippen molar-refractivity contribution in [3.8, 4) is 6.07 Å². The fourth-order valence-corrected chi connectivity index (χ4v) is 9.73. The van der Waals surface area contributed by atoms with E-state index in [-0.39, 0.29) is 47.4 Å². The first-order valence-corrected chi connectivity index (χ1v) is 21.7. The summed E-state index contributed by atoms with van der Waals surface area (Å²) in [6.45, 7) is 6.53. The number of imide groups is 2. The van der Waals surface area contributed by atoms with Gasteiger partial charge in [0.15, 0.2) is 0 Å². The number of pyridine rings is 1. The standard InChI is InChI=1S/C45H45ClFN11O5/c1-25-21-57(29-8-9-31-34(18-29)45(63)58(44(31)62)37-11-13-39(59)54-43(37)61)17-16-55(25)22-26-2-5-28(6-3-26)51-42(60)33-10-12-38(52-40(33)47)53-41-32-14-15-56(23-36(32)49-24-50-41)30-7-4-27(20-48)35(46)19-30/h4,7-10,12,18-19,24-26,28,37H,2-3,5-6,11,13-17,21-23H2,1H3,(H,51,60)(H,54,59,61)(H,49,50,52,53)/t25-,26?,28?,37?/m1/s1. The summed E-state index contributed by atoms with van der Waals surface area (Å²) >= 11 is 6.27. The fourth-order valence-electron chi connectivity index (χ4n) is 9.51. The SMILES string of the molecule is C[C@@H]1CN(c2ccc3c(c2)C(=O)N(C2CCC(=O)NC2=O)C3=O)CCN1CC1CCC(NC(=O)c2ccc(Nc3ncnc4c3CCN(c3ccc(C#N)c(Cl)c3)C4)nc2F)CC1. The number of fused-ring (bicyclic) bond motifs is 2. The number of aromatic nitrogens is 3. The second-order valence-electron chi connectivity index (χ2n) is 16.9. The molecule has 6 heterocycles. The number of piperidine rings is 1. The van der Waals surface area contributed by atoms with E-state index in [1.165, 1.54) is 12.4 Å². The molecule has 5 aliphatic rings. The van der Waals surface area contributed by atoms with E-state index in [1.807, 2.05) is 12.1 Å². The molecule has 4 aliphatic heterocycles. The first-order chi connectivity index (χ1) is 30.4. The molecule has 5 amide bonds. The molecule has 0 radical (unpaired) electrons. The van der Waals surface area contributed by atoms with Crippen molar-refractivity contribution < 1.29 is 28.4 Å². The molecule has 2 atom stereocenters. The van der Waals surface area contributed by atoms with Crippen LogP contribution in [0.1, 0.15) is 93.3 Å². The quantitative estimate of drug-likeness (QED) is 0.154. The van der Waals surface area contributed by atoms with Crippen LogP contribution in [0.5, 0.6) is 0 Å². The number of rotatable bonds is 9. The van der Waals surface area contributed by atoms with Crippen LogP contribution in [0.2, 0.25) is 5.02 Å². The van der Waals surface area contributed by atoms with E-state index in [0.717, 1.165) is 79.4 Å². The van der Waals surface area contributed by atoms with Gasteiger partial charge in [0.1, 0.15) is 30.1 Å². The minimum absolute atomic E-state index is 0.0697. The Hall–Kier alpha value is -6.51. The number of hydrogen-bond acceptors (Lipinski definition) is 13. The smallest absolute Gasteiger partial charge is 0.262 e. The average molecular weight is 874 g/mol. The van der Waals surface area contributed by atoms with Gasteiger partial charge in [-0.15, -0.1) is 0 Å². The number of hydrogen-bond donors (Lipinski definition) is 3. The number of nitriles is 1. The minimum Gasteiger partial charge on any atom is -0.369 e. The molecule has 2 aromatic carbocycles. The van der Waals surface area contributed by atoms with Crippen molar-refractivity contribution in [2.45, 2.75) is 76.5 Å². The highest BCUT2D eigenvalue weighted by atomic mass is 35.5. The summed E-state index contributed by atoms with van der Waals surface area (Å²) in [5, 5.41) is 18.0. The van der Waals surface area contributed by atoms with Gasteiger partial charge in [0.05, 0.1) is 39.5 Å². The van der Waals surface area contributed by atoms with Gasteiger partial charge >= 0.3 is 0 Å². The Balaban J connectivity index is 0.741. The van der Waals surface area contributed by atoms with E-state index in [0.29, 0.717) is 41.8 Å². The largest absolute Gasteiger partial charge is 0.369 e. The number of nitrogens with one attached hydrogen (secondary N) is 3. The number of halogens is 2. The van der Waals surface area contributed by atoms with Gasteiger partial charge in [-0.2, -0.15) is 9.65 Å². The molecule has 18 heteroatoms. The van der Waals surface area contributed by atoms with Crippen LogP contribution in [0, 0.1) is 23.2 Å². The molecule has 1 saturated carbocycles. The van der Waals surface area contributed by atoms with Gasteiger partial charge in [-0.1, -0.05) is 11.6 Å². The lowest BCUT2D eigenvalue weighted by Crippen LogP contribution is -2.54. The highest BCUT2D eigenvalue weighted by Crippen LogP contribution is 2.34. The van der Waals surface area contributed by atoms with E-state index >= 15 is 4.39 Å². The normalized spacial score (nSPS) is 22.6. The number of piperazine rings is 1. The Morgan fingerprint density at radius 3 is 2.44 bits per heavy atom. The molecule has 3 fully saturated rings. The molecular weight excluding hydrogens is 829 g/mol. The van der Waals surface area contributed by atoms with Crippen molar-refractivity contribution >= 4 is 64.1 Å². The van der Waals surface area contributed by atoms with Crippen LogP contribution >= 0.6 is 11.6 Å². The van der Waals surface area contributed by atoms with Crippen LogP contribution in [0.15, 0.2) is 54.9 Å². The Morgan fingerprint density at radius 2 is 1.70 bits per heavy atom. The van der Waals surface area contributed by atoms with Crippen LogP contribution in [0.4, 0.5) is 27.4 Å². The lowest BCUT2D eigenvalue weighted by Gasteiger charge is -2.43. The summed E-state index contributed by atoms with van der Waals surface area (Å²) in [4.78, 5) is 84.7. The number of nitrogens with zero attached hydrogens (tertiary/aromatic N) is 8. The van der Waals surface area contributed by atoms with Crippen LogP contribution in [0.3, 0.4) is 0 Å². The van der Waals surface area contributed by atoms with Crippen molar-refractivity contribution in [1.29, 1.82) is 5.26 Å². The van der Waals surface area contributed by atoms with Crippen molar-refractivity contribution in [2.75, 3.05) is 47.8 Å². The Kier molecular flexibility index (Phi) is 11.5. The van der Waals surface area contributed by atoms with Gasteiger partial charge in [-0.3, -0.25) is 39.1 Å². The van der Waals surface area contributed by atoms with Crippen LogP contribution < -0.4 is 25.8 Å². The molecule has 9 rings (SSSR count). The van der Waals surface area contributed by atoms with Gasteiger partial charge in [0.2, 0.25) is 17.8 Å². The average Bonchev–Trinajstić information content (AvgIpc) is 3.52. The molecule has 0 bridgehead atoms. The highest BCUT2D eigenvalue weighted by molar-refractivity contribution is 6.32. The van der Waals surface area contributed by atoms with E-state index < -0.39 is 41.5 Å². The monoisotopic (exact) mass is 873 g/mol. The summed E-state index contributed by atoms with van der Waals surface area (Å²) in [7, 11) is 0. The molecule has 324 valence electrons. The molecule has 3 N–H and O–H groups in total. The molecular formula is C45H45ClFN11O5. The number of benzene rings is 2. The topological polar surface area (TPSA) is 197 Å². The van der Waals surface area contributed by atoms with E-state index in [9.17, 15) is 29.2 Å². The number of anilines is 4. The van der Waals surface area contributed by atoms with Crippen LogP contribution in [-0.2, 0) is 22.6 Å². The maximum atomic E-state index is 15.4. The highest BCUT2D eigenvalue weighted by Gasteiger charge is 2.45. The lowest BCUT2D eigenvalue weighted by molar-refractivity contribution is -0.136. The van der Waals surface area contributed by atoms with Gasteiger partial charge < -0.3 is 20.4 Å². The second kappa shape index (κ2) is 17.3. The predicted molar refractivity (Wildman–Crippen MR) is 230 cm³/mol. The maximum absolute atomic E-state index is 15.4. The van der Waals surface area contributed by atoms with E-state index in [2.05, 4.69) is 58.6 Å².